The first-order valence-electron chi connectivity index (χ1n) is 6.93. The first kappa shape index (κ1) is 13.4. The minimum Gasteiger partial charge on any atom is -0.393 e. The van der Waals surface area contributed by atoms with Gasteiger partial charge in [-0.15, -0.1) is 0 Å². The van der Waals surface area contributed by atoms with E-state index >= 15 is 0 Å². The van der Waals surface area contributed by atoms with Crippen LogP contribution in [0, 0.1) is 28.6 Å². The second-order valence-corrected chi connectivity index (χ2v) is 6.09. The van der Waals surface area contributed by atoms with Crippen LogP contribution >= 0.6 is 0 Å². The molecule has 0 heterocycles. The summed E-state index contributed by atoms with van der Waals surface area (Å²) in [5, 5.41) is 21.5. The van der Waals surface area contributed by atoms with Crippen LogP contribution in [0.15, 0.2) is 0 Å². The van der Waals surface area contributed by atoms with Gasteiger partial charge in [-0.2, -0.15) is 5.26 Å². The third-order valence-corrected chi connectivity index (χ3v) is 4.41. The Bertz CT molecular complexity index is 347. The molecule has 0 atom stereocenters. The number of nitriles is 1. The number of aliphatic hydroxyl groups excluding tert-OH is 1. The Labute approximate surface area is 108 Å². The van der Waals surface area contributed by atoms with E-state index in [1.54, 1.807) is 0 Å². The van der Waals surface area contributed by atoms with Crippen molar-refractivity contribution in [3.8, 4) is 6.07 Å². The van der Waals surface area contributed by atoms with E-state index in [0.29, 0.717) is 31.2 Å². The highest BCUT2D eigenvalue weighted by Crippen LogP contribution is 2.45. The number of carbonyl (C=O) groups is 1. The number of aliphatic hydroxyl groups is 1. The van der Waals surface area contributed by atoms with Gasteiger partial charge in [0.25, 0.3) is 0 Å². The molecule has 2 saturated carbocycles. The summed E-state index contributed by atoms with van der Waals surface area (Å²) < 4.78 is 0. The molecule has 0 radical (unpaired) electrons. The van der Waals surface area contributed by atoms with Gasteiger partial charge in [0.1, 0.15) is 5.41 Å². The fourth-order valence-electron chi connectivity index (χ4n) is 3.21. The van der Waals surface area contributed by atoms with Crippen molar-refractivity contribution in [2.24, 2.45) is 17.3 Å². The van der Waals surface area contributed by atoms with E-state index in [0.717, 1.165) is 25.7 Å². The molecule has 0 bridgehead atoms. The Hall–Kier alpha value is -1.08. The zero-order valence-electron chi connectivity index (χ0n) is 11.0. The van der Waals surface area contributed by atoms with E-state index in [2.05, 4.69) is 18.3 Å². The van der Waals surface area contributed by atoms with Gasteiger partial charge in [0.2, 0.25) is 5.91 Å². The van der Waals surface area contributed by atoms with E-state index < -0.39 is 5.41 Å². The molecule has 0 saturated heterocycles. The first-order valence-corrected chi connectivity index (χ1v) is 6.93. The second kappa shape index (κ2) is 5.27. The molecule has 0 aromatic rings. The Balaban J connectivity index is 1.77. The molecule has 2 aliphatic carbocycles. The molecule has 2 rings (SSSR count). The fraction of sp³-hybridized carbons (Fsp3) is 0.857. The Kier molecular flexibility index (Phi) is 3.91. The number of nitrogens with one attached hydrogen (secondary N) is 1. The zero-order chi connectivity index (χ0) is 13.2. The number of hydrogen-bond donors (Lipinski definition) is 2. The lowest BCUT2D eigenvalue weighted by molar-refractivity contribution is -0.134. The summed E-state index contributed by atoms with van der Waals surface area (Å²) in [6, 6.07) is 2.19. The molecule has 4 heteroatoms. The molecular weight excluding hydrogens is 228 g/mol. The predicted molar refractivity (Wildman–Crippen MR) is 67.4 cm³/mol. The summed E-state index contributed by atoms with van der Waals surface area (Å²) in [5.74, 6) is 0.861. The van der Waals surface area contributed by atoms with Crippen LogP contribution in [0.4, 0.5) is 0 Å². The van der Waals surface area contributed by atoms with Crippen LogP contribution < -0.4 is 5.32 Å². The maximum Gasteiger partial charge on any atom is 0.240 e. The fourth-order valence-corrected chi connectivity index (χ4v) is 3.21. The highest BCUT2D eigenvalue weighted by atomic mass is 16.3. The lowest BCUT2D eigenvalue weighted by Crippen LogP contribution is -2.49. The normalized spacial score (nSPS) is 39.5. The van der Waals surface area contributed by atoms with Crippen molar-refractivity contribution in [1.82, 2.24) is 5.32 Å². The first-order chi connectivity index (χ1) is 8.55. The van der Waals surface area contributed by atoms with Gasteiger partial charge in [-0.05, 0) is 50.4 Å². The SMILES string of the molecule is CC1CC(C#N)(C(=O)NCC2CCC(O)CC2)C1. The molecule has 0 unspecified atom stereocenters. The molecule has 0 spiro atoms. The van der Waals surface area contributed by atoms with E-state index in [-0.39, 0.29) is 12.0 Å². The molecule has 0 aromatic carbocycles. The zero-order valence-corrected chi connectivity index (χ0v) is 11.0. The molecule has 4 nitrogen and oxygen atoms in total. The summed E-state index contributed by atoms with van der Waals surface area (Å²) in [6.07, 6.45) is 4.84. The van der Waals surface area contributed by atoms with Crippen LogP contribution in [0.1, 0.15) is 45.4 Å². The average molecular weight is 250 g/mol. The van der Waals surface area contributed by atoms with E-state index in [4.69, 9.17) is 5.26 Å². The van der Waals surface area contributed by atoms with Gasteiger partial charge >= 0.3 is 0 Å². The smallest absolute Gasteiger partial charge is 0.240 e. The van der Waals surface area contributed by atoms with E-state index in [1.165, 1.54) is 0 Å². The topological polar surface area (TPSA) is 73.1 Å². The highest BCUT2D eigenvalue weighted by Gasteiger charge is 2.48. The van der Waals surface area contributed by atoms with Crippen LogP contribution in [-0.2, 0) is 4.79 Å². The van der Waals surface area contributed by atoms with Gasteiger partial charge in [-0.1, -0.05) is 6.92 Å². The number of carbonyl (C=O) groups excluding carboxylic acids is 1. The third kappa shape index (κ3) is 2.67. The number of amides is 1. The van der Waals surface area contributed by atoms with E-state index in [9.17, 15) is 9.90 Å². The monoisotopic (exact) mass is 250 g/mol. The van der Waals surface area contributed by atoms with Crippen molar-refractivity contribution in [3.63, 3.8) is 0 Å². The van der Waals surface area contributed by atoms with Crippen LogP contribution in [0.25, 0.3) is 0 Å². The number of nitrogens with zero attached hydrogens (tertiary/aromatic N) is 1. The molecular formula is C14H22N2O2. The average Bonchev–Trinajstić information content (AvgIpc) is 2.33. The molecule has 2 N–H and O–H groups in total. The lowest BCUT2D eigenvalue weighted by atomic mass is 9.63. The number of rotatable bonds is 3. The van der Waals surface area contributed by atoms with Crippen molar-refractivity contribution in [2.45, 2.75) is 51.6 Å². The van der Waals surface area contributed by atoms with Gasteiger partial charge in [0.15, 0.2) is 0 Å². The lowest BCUT2D eigenvalue weighted by Gasteiger charge is -2.39. The Morgan fingerprint density at radius 1 is 1.39 bits per heavy atom. The van der Waals surface area contributed by atoms with Crippen molar-refractivity contribution in [1.29, 1.82) is 5.26 Å². The second-order valence-electron chi connectivity index (χ2n) is 6.09. The molecule has 0 aromatic heterocycles. The molecule has 2 aliphatic rings. The Morgan fingerprint density at radius 3 is 2.50 bits per heavy atom. The van der Waals surface area contributed by atoms with Crippen molar-refractivity contribution in [2.75, 3.05) is 6.54 Å². The molecule has 1 amide bonds. The van der Waals surface area contributed by atoms with Gasteiger partial charge < -0.3 is 10.4 Å². The van der Waals surface area contributed by atoms with Gasteiger partial charge in [-0.3, -0.25) is 4.79 Å². The molecule has 0 aliphatic heterocycles. The Morgan fingerprint density at radius 2 is 2.00 bits per heavy atom. The largest absolute Gasteiger partial charge is 0.393 e. The summed E-state index contributed by atoms with van der Waals surface area (Å²) in [7, 11) is 0. The van der Waals surface area contributed by atoms with Crippen molar-refractivity contribution >= 4 is 5.91 Å². The van der Waals surface area contributed by atoms with Crippen molar-refractivity contribution < 1.29 is 9.90 Å². The molecule has 2 fully saturated rings. The minimum absolute atomic E-state index is 0.0887. The molecule has 18 heavy (non-hydrogen) atoms. The maximum atomic E-state index is 12.0. The van der Waals surface area contributed by atoms with Crippen molar-refractivity contribution in [3.05, 3.63) is 0 Å². The predicted octanol–water partition coefficient (Wildman–Crippen LogP) is 1.59. The van der Waals surface area contributed by atoms with Crippen LogP contribution in [0.2, 0.25) is 0 Å². The maximum absolute atomic E-state index is 12.0. The standard InChI is InChI=1S/C14H22N2O2/c1-10-6-14(7-10,9-15)13(18)16-8-11-2-4-12(17)5-3-11/h10-12,17H,2-8H2,1H3,(H,16,18). The number of hydrogen-bond acceptors (Lipinski definition) is 3. The van der Waals surface area contributed by atoms with Crippen LogP contribution in [0.3, 0.4) is 0 Å². The highest BCUT2D eigenvalue weighted by molar-refractivity contribution is 5.86. The summed E-state index contributed by atoms with van der Waals surface area (Å²) >= 11 is 0. The van der Waals surface area contributed by atoms with E-state index in [1.807, 2.05) is 0 Å². The van der Waals surface area contributed by atoms with Gasteiger partial charge in [0, 0.05) is 6.54 Å². The van der Waals surface area contributed by atoms with Crippen LogP contribution in [-0.4, -0.2) is 23.7 Å². The minimum atomic E-state index is -0.756. The third-order valence-electron chi connectivity index (χ3n) is 4.41. The summed E-state index contributed by atoms with van der Waals surface area (Å²) in [6.45, 7) is 2.73. The summed E-state index contributed by atoms with van der Waals surface area (Å²) in [4.78, 5) is 12.0. The summed E-state index contributed by atoms with van der Waals surface area (Å²) in [5.41, 5.74) is -0.756. The van der Waals surface area contributed by atoms with Gasteiger partial charge in [-0.25, -0.2) is 0 Å². The quantitative estimate of drug-likeness (QED) is 0.799. The molecule has 100 valence electrons. The van der Waals surface area contributed by atoms with Crippen LogP contribution in [0.5, 0.6) is 0 Å². The van der Waals surface area contributed by atoms with Gasteiger partial charge in [0.05, 0.1) is 12.2 Å².